The number of benzene rings is 1. The van der Waals surface area contributed by atoms with E-state index in [4.69, 9.17) is 27.7 Å². The minimum Gasteiger partial charge on any atom is -0.354 e. The number of nitrogens with zero attached hydrogens (tertiary/aromatic N) is 3. The number of hydrogen-bond donors (Lipinski definition) is 0. The third kappa shape index (κ3) is 3.27. The van der Waals surface area contributed by atoms with Crippen LogP contribution in [0.3, 0.4) is 0 Å². The zero-order valence-electron chi connectivity index (χ0n) is 11.6. The van der Waals surface area contributed by atoms with Gasteiger partial charge in [-0.1, -0.05) is 47.0 Å². The Bertz CT molecular complexity index is 807. The van der Waals surface area contributed by atoms with Crippen LogP contribution in [0.25, 0.3) is 22.7 Å². The summed E-state index contributed by atoms with van der Waals surface area (Å²) in [7, 11) is 0. The Hall–Kier alpha value is -1.56. The standard InChI is InChI=1S/C15H11Cl2N3OS/c1-2-22-15-18-6-5-12(19-15)14-8-13(20-21-14)10-4-3-9(16)7-11(10)17/h3-8H,2H2,1H3. The van der Waals surface area contributed by atoms with Crippen molar-refractivity contribution in [2.24, 2.45) is 0 Å². The minimum absolute atomic E-state index is 0.525. The molecule has 3 aromatic rings. The molecule has 112 valence electrons. The molecule has 0 saturated carbocycles. The molecule has 3 rings (SSSR count). The zero-order valence-corrected chi connectivity index (χ0v) is 13.9. The summed E-state index contributed by atoms with van der Waals surface area (Å²) < 4.78 is 5.38. The van der Waals surface area contributed by atoms with Crippen LogP contribution in [0.15, 0.2) is 46.2 Å². The van der Waals surface area contributed by atoms with E-state index in [9.17, 15) is 0 Å². The largest absolute Gasteiger partial charge is 0.354 e. The van der Waals surface area contributed by atoms with Crippen LogP contribution in [0.5, 0.6) is 0 Å². The van der Waals surface area contributed by atoms with E-state index in [1.165, 1.54) is 0 Å². The molecule has 0 aliphatic rings. The van der Waals surface area contributed by atoms with Gasteiger partial charge in [0.25, 0.3) is 0 Å². The van der Waals surface area contributed by atoms with Gasteiger partial charge in [0.1, 0.15) is 11.4 Å². The Morgan fingerprint density at radius 2 is 2.00 bits per heavy atom. The molecule has 0 fully saturated rings. The Balaban J connectivity index is 1.95. The summed E-state index contributed by atoms with van der Waals surface area (Å²) in [5, 5.41) is 5.87. The lowest BCUT2D eigenvalue weighted by Gasteiger charge is -1.99. The average Bonchev–Trinajstić information content (AvgIpc) is 2.97. The van der Waals surface area contributed by atoms with Crippen molar-refractivity contribution in [2.45, 2.75) is 12.1 Å². The molecule has 0 radical (unpaired) electrons. The predicted octanol–water partition coefficient (Wildman–Crippen LogP) is 5.22. The first-order valence-electron chi connectivity index (χ1n) is 6.55. The number of rotatable bonds is 4. The molecular formula is C15H11Cl2N3OS. The molecule has 2 heterocycles. The van der Waals surface area contributed by atoms with Crippen LogP contribution in [-0.4, -0.2) is 20.9 Å². The predicted molar refractivity (Wildman–Crippen MR) is 89.4 cm³/mol. The summed E-state index contributed by atoms with van der Waals surface area (Å²) in [5.41, 5.74) is 2.09. The normalized spacial score (nSPS) is 10.9. The van der Waals surface area contributed by atoms with E-state index < -0.39 is 0 Å². The molecule has 22 heavy (non-hydrogen) atoms. The van der Waals surface area contributed by atoms with Crippen LogP contribution in [0.2, 0.25) is 10.0 Å². The van der Waals surface area contributed by atoms with Crippen LogP contribution in [0.1, 0.15) is 6.92 Å². The van der Waals surface area contributed by atoms with Gasteiger partial charge in [-0.3, -0.25) is 0 Å². The topological polar surface area (TPSA) is 51.8 Å². The Kier molecular flexibility index (Phi) is 4.66. The summed E-state index contributed by atoms with van der Waals surface area (Å²) >= 11 is 13.7. The highest BCUT2D eigenvalue weighted by Crippen LogP contribution is 2.32. The molecule has 0 aliphatic heterocycles. The molecule has 0 amide bonds. The maximum atomic E-state index is 6.19. The van der Waals surface area contributed by atoms with Gasteiger partial charge in [-0.15, -0.1) is 0 Å². The quantitative estimate of drug-likeness (QED) is 0.476. The summed E-state index contributed by atoms with van der Waals surface area (Å²) in [6, 6.07) is 8.83. The number of aromatic nitrogens is 3. The van der Waals surface area contributed by atoms with Crippen molar-refractivity contribution in [3.05, 3.63) is 46.6 Å². The van der Waals surface area contributed by atoms with E-state index in [1.54, 1.807) is 42.2 Å². The van der Waals surface area contributed by atoms with E-state index in [-0.39, 0.29) is 0 Å². The first-order chi connectivity index (χ1) is 10.7. The lowest BCUT2D eigenvalue weighted by atomic mass is 10.1. The minimum atomic E-state index is 0.525. The molecule has 2 aromatic heterocycles. The second-order valence-electron chi connectivity index (χ2n) is 4.36. The molecule has 0 atom stereocenters. The fourth-order valence-electron chi connectivity index (χ4n) is 1.90. The van der Waals surface area contributed by atoms with Crippen LogP contribution in [0.4, 0.5) is 0 Å². The van der Waals surface area contributed by atoms with Crippen LogP contribution >= 0.6 is 35.0 Å². The smallest absolute Gasteiger partial charge is 0.188 e. The fourth-order valence-corrected chi connectivity index (χ4v) is 2.96. The second-order valence-corrected chi connectivity index (χ2v) is 6.43. The molecule has 0 N–H and O–H groups in total. The molecule has 0 spiro atoms. The van der Waals surface area contributed by atoms with E-state index in [2.05, 4.69) is 22.0 Å². The van der Waals surface area contributed by atoms with Crippen LogP contribution < -0.4 is 0 Å². The van der Waals surface area contributed by atoms with Gasteiger partial charge < -0.3 is 4.52 Å². The Morgan fingerprint density at radius 1 is 1.14 bits per heavy atom. The van der Waals surface area contributed by atoms with Gasteiger partial charge in [0.05, 0.1) is 5.02 Å². The van der Waals surface area contributed by atoms with Gasteiger partial charge in [0.15, 0.2) is 10.9 Å². The van der Waals surface area contributed by atoms with Crippen molar-refractivity contribution in [3.63, 3.8) is 0 Å². The van der Waals surface area contributed by atoms with Crippen molar-refractivity contribution in [1.82, 2.24) is 15.1 Å². The zero-order chi connectivity index (χ0) is 15.5. The molecular weight excluding hydrogens is 341 g/mol. The van der Waals surface area contributed by atoms with Crippen LogP contribution in [0, 0.1) is 0 Å². The van der Waals surface area contributed by atoms with Gasteiger partial charge in [-0.05, 0) is 30.0 Å². The SMILES string of the molecule is CCSc1nccc(-c2cc(-c3ccc(Cl)cc3Cl)no2)n1. The molecule has 4 nitrogen and oxygen atoms in total. The molecule has 0 unspecified atom stereocenters. The Labute approximate surface area is 141 Å². The first kappa shape index (κ1) is 15.3. The van der Waals surface area contributed by atoms with Crippen LogP contribution in [-0.2, 0) is 0 Å². The monoisotopic (exact) mass is 351 g/mol. The summed E-state index contributed by atoms with van der Waals surface area (Å²) in [5.74, 6) is 1.48. The van der Waals surface area contributed by atoms with Crippen molar-refractivity contribution < 1.29 is 4.52 Å². The third-order valence-corrected chi connectivity index (χ3v) is 4.17. The Morgan fingerprint density at radius 3 is 2.77 bits per heavy atom. The highest BCUT2D eigenvalue weighted by Gasteiger charge is 2.13. The van der Waals surface area contributed by atoms with Crippen molar-refractivity contribution >= 4 is 35.0 Å². The molecule has 7 heteroatoms. The maximum absolute atomic E-state index is 6.19. The number of halogens is 2. The summed E-state index contributed by atoms with van der Waals surface area (Å²) in [6.07, 6.45) is 1.71. The fraction of sp³-hybridized carbons (Fsp3) is 0.133. The van der Waals surface area contributed by atoms with Crippen molar-refractivity contribution in [2.75, 3.05) is 5.75 Å². The van der Waals surface area contributed by atoms with E-state index in [1.807, 2.05) is 6.07 Å². The maximum Gasteiger partial charge on any atom is 0.188 e. The third-order valence-electron chi connectivity index (χ3n) is 2.88. The van der Waals surface area contributed by atoms with Crippen molar-refractivity contribution in [3.8, 4) is 22.7 Å². The van der Waals surface area contributed by atoms with Gasteiger partial charge in [0, 0.05) is 22.8 Å². The molecule has 0 aliphatic carbocycles. The van der Waals surface area contributed by atoms with Gasteiger partial charge in [-0.25, -0.2) is 9.97 Å². The highest BCUT2D eigenvalue weighted by molar-refractivity contribution is 7.99. The van der Waals surface area contributed by atoms with E-state index in [0.29, 0.717) is 32.3 Å². The lowest BCUT2D eigenvalue weighted by Crippen LogP contribution is -1.88. The lowest BCUT2D eigenvalue weighted by molar-refractivity contribution is 0.433. The average molecular weight is 352 g/mol. The van der Waals surface area contributed by atoms with Crippen molar-refractivity contribution in [1.29, 1.82) is 0 Å². The summed E-state index contributed by atoms with van der Waals surface area (Å²) in [6.45, 7) is 2.05. The van der Waals surface area contributed by atoms with Gasteiger partial charge in [0.2, 0.25) is 0 Å². The summed E-state index contributed by atoms with van der Waals surface area (Å²) in [4.78, 5) is 8.64. The second kappa shape index (κ2) is 6.69. The van der Waals surface area contributed by atoms with Gasteiger partial charge >= 0.3 is 0 Å². The molecule has 0 bridgehead atoms. The van der Waals surface area contributed by atoms with E-state index >= 15 is 0 Å². The highest BCUT2D eigenvalue weighted by atomic mass is 35.5. The van der Waals surface area contributed by atoms with E-state index in [0.717, 1.165) is 11.3 Å². The first-order valence-corrected chi connectivity index (χ1v) is 8.30. The van der Waals surface area contributed by atoms with Gasteiger partial charge in [-0.2, -0.15) is 0 Å². The number of thioether (sulfide) groups is 1. The molecule has 0 saturated heterocycles. The molecule has 1 aromatic carbocycles. The number of hydrogen-bond acceptors (Lipinski definition) is 5.